The number of halogens is 2. The molecule has 0 atom stereocenters. The lowest BCUT2D eigenvalue weighted by Crippen LogP contribution is -2.20. The zero-order chi connectivity index (χ0) is 20.4. The van der Waals surface area contributed by atoms with E-state index in [2.05, 4.69) is 10.3 Å². The van der Waals surface area contributed by atoms with Crippen LogP contribution in [0.4, 0.5) is 10.1 Å². The molecule has 1 N–H and O–H groups in total. The zero-order valence-corrected chi connectivity index (χ0v) is 16.2. The van der Waals surface area contributed by atoms with Crippen molar-refractivity contribution < 1.29 is 18.3 Å². The fourth-order valence-electron chi connectivity index (χ4n) is 2.84. The maximum atomic E-state index is 14.6. The molecule has 146 valence electrons. The number of anilines is 1. The number of aryl methyl sites for hydroxylation is 1. The van der Waals surface area contributed by atoms with Crippen LogP contribution in [0.5, 0.6) is 5.75 Å². The molecule has 1 aromatic heterocycles. The molecule has 1 heterocycles. The number of fused-ring (bicyclic) bond motifs is 1. The number of hydrogen-bond donors (Lipinski definition) is 1. The molecular weight excluding hydrogens is 395 g/mol. The van der Waals surface area contributed by atoms with Gasteiger partial charge in [-0.15, -0.1) is 0 Å². The zero-order valence-electron chi connectivity index (χ0n) is 15.4. The molecule has 0 fully saturated rings. The standard InChI is InChI=1S/C22H16ClFN2O3/c1-13-4-2-3-5-19(13)28-12-21(27)25-15-7-8-16(17(24)11-15)22-26-18-10-14(23)6-9-20(18)29-22/h2-11H,12H2,1H3,(H,25,27). The van der Waals surface area contributed by atoms with Crippen molar-refractivity contribution in [3.05, 3.63) is 77.1 Å². The molecule has 0 aliphatic heterocycles. The summed E-state index contributed by atoms with van der Waals surface area (Å²) in [5.41, 5.74) is 2.47. The summed E-state index contributed by atoms with van der Waals surface area (Å²) >= 11 is 5.94. The third-order valence-electron chi connectivity index (χ3n) is 4.29. The Morgan fingerprint density at radius 1 is 1.17 bits per heavy atom. The number of aromatic nitrogens is 1. The van der Waals surface area contributed by atoms with Crippen LogP contribution >= 0.6 is 11.6 Å². The van der Waals surface area contributed by atoms with E-state index in [1.165, 1.54) is 12.1 Å². The number of nitrogens with zero attached hydrogens (tertiary/aromatic N) is 1. The molecule has 4 rings (SSSR count). The minimum Gasteiger partial charge on any atom is -0.483 e. The summed E-state index contributed by atoms with van der Waals surface area (Å²) in [6.45, 7) is 1.71. The van der Waals surface area contributed by atoms with Crippen molar-refractivity contribution in [1.82, 2.24) is 4.98 Å². The van der Waals surface area contributed by atoms with Crippen LogP contribution in [0.15, 0.2) is 65.1 Å². The van der Waals surface area contributed by atoms with E-state index >= 15 is 0 Å². The molecule has 3 aromatic carbocycles. The maximum absolute atomic E-state index is 14.6. The highest BCUT2D eigenvalue weighted by molar-refractivity contribution is 6.31. The van der Waals surface area contributed by atoms with Crippen LogP contribution in [0.2, 0.25) is 5.02 Å². The molecule has 5 nitrogen and oxygen atoms in total. The number of amides is 1. The summed E-state index contributed by atoms with van der Waals surface area (Å²) in [5.74, 6) is -0.196. The molecule has 0 saturated heterocycles. The van der Waals surface area contributed by atoms with Crippen LogP contribution in [0.1, 0.15) is 5.56 Å². The van der Waals surface area contributed by atoms with Gasteiger partial charge in [-0.05, 0) is 55.0 Å². The Morgan fingerprint density at radius 2 is 2.00 bits per heavy atom. The number of rotatable bonds is 5. The van der Waals surface area contributed by atoms with Gasteiger partial charge in [0.05, 0.1) is 5.56 Å². The molecule has 0 saturated carbocycles. The maximum Gasteiger partial charge on any atom is 0.262 e. The first kappa shape index (κ1) is 19.0. The van der Waals surface area contributed by atoms with E-state index in [4.69, 9.17) is 20.8 Å². The van der Waals surface area contributed by atoms with E-state index in [9.17, 15) is 9.18 Å². The van der Waals surface area contributed by atoms with E-state index in [1.54, 1.807) is 30.3 Å². The molecular formula is C22H16ClFN2O3. The SMILES string of the molecule is Cc1ccccc1OCC(=O)Nc1ccc(-c2nc3cc(Cl)ccc3o2)c(F)c1. The fourth-order valence-corrected chi connectivity index (χ4v) is 3.01. The van der Waals surface area contributed by atoms with Crippen molar-refractivity contribution in [2.24, 2.45) is 0 Å². The lowest BCUT2D eigenvalue weighted by atomic mass is 10.2. The Kier molecular flexibility index (Phi) is 5.18. The van der Waals surface area contributed by atoms with Gasteiger partial charge in [-0.25, -0.2) is 9.37 Å². The molecule has 4 aromatic rings. The summed E-state index contributed by atoms with van der Waals surface area (Å²) in [6, 6.07) is 16.7. The van der Waals surface area contributed by atoms with Crippen LogP contribution in [0, 0.1) is 12.7 Å². The molecule has 0 radical (unpaired) electrons. The second-order valence-corrected chi connectivity index (χ2v) is 6.86. The summed E-state index contributed by atoms with van der Waals surface area (Å²) in [7, 11) is 0. The molecule has 0 aliphatic carbocycles. The van der Waals surface area contributed by atoms with Gasteiger partial charge in [0.25, 0.3) is 5.91 Å². The van der Waals surface area contributed by atoms with Crippen LogP contribution in [-0.2, 0) is 4.79 Å². The minimum absolute atomic E-state index is 0.139. The van der Waals surface area contributed by atoms with Crippen LogP contribution in [-0.4, -0.2) is 17.5 Å². The minimum atomic E-state index is -0.569. The third-order valence-corrected chi connectivity index (χ3v) is 4.52. The van der Waals surface area contributed by atoms with Gasteiger partial charge < -0.3 is 14.5 Å². The number of carbonyl (C=O) groups is 1. The number of oxazole rings is 1. The average molecular weight is 411 g/mol. The van der Waals surface area contributed by atoms with Gasteiger partial charge in [0.1, 0.15) is 17.1 Å². The first-order valence-electron chi connectivity index (χ1n) is 8.84. The van der Waals surface area contributed by atoms with E-state index < -0.39 is 11.7 Å². The van der Waals surface area contributed by atoms with Gasteiger partial charge in [0, 0.05) is 10.7 Å². The summed E-state index contributed by atoms with van der Waals surface area (Å²) < 4.78 is 25.7. The van der Waals surface area contributed by atoms with Crippen LogP contribution < -0.4 is 10.1 Å². The van der Waals surface area contributed by atoms with Gasteiger partial charge in [-0.2, -0.15) is 0 Å². The molecule has 0 spiro atoms. The lowest BCUT2D eigenvalue weighted by molar-refractivity contribution is -0.118. The number of benzene rings is 3. The first-order valence-corrected chi connectivity index (χ1v) is 9.22. The van der Waals surface area contributed by atoms with E-state index in [0.29, 0.717) is 27.6 Å². The van der Waals surface area contributed by atoms with Crippen LogP contribution in [0.25, 0.3) is 22.6 Å². The van der Waals surface area contributed by atoms with Gasteiger partial charge in [0.15, 0.2) is 12.2 Å². The average Bonchev–Trinajstić information content (AvgIpc) is 3.10. The predicted octanol–water partition coefficient (Wildman–Crippen LogP) is 5.61. The second-order valence-electron chi connectivity index (χ2n) is 6.43. The Balaban J connectivity index is 1.46. The summed E-state index contributed by atoms with van der Waals surface area (Å²) in [6.07, 6.45) is 0. The summed E-state index contributed by atoms with van der Waals surface area (Å²) in [5, 5.41) is 3.13. The van der Waals surface area contributed by atoms with Crippen molar-refractivity contribution >= 4 is 34.3 Å². The highest BCUT2D eigenvalue weighted by Crippen LogP contribution is 2.29. The molecule has 7 heteroatoms. The fraction of sp³-hybridized carbons (Fsp3) is 0.0909. The monoisotopic (exact) mass is 410 g/mol. The normalized spacial score (nSPS) is 10.9. The van der Waals surface area contributed by atoms with Gasteiger partial charge in [-0.3, -0.25) is 4.79 Å². The van der Waals surface area contributed by atoms with Crippen molar-refractivity contribution in [3.8, 4) is 17.2 Å². The topological polar surface area (TPSA) is 64.4 Å². The number of nitrogens with one attached hydrogen (secondary N) is 1. The van der Waals surface area contributed by atoms with Crippen molar-refractivity contribution in [3.63, 3.8) is 0 Å². The smallest absolute Gasteiger partial charge is 0.262 e. The number of para-hydroxylation sites is 1. The molecule has 0 unspecified atom stereocenters. The highest BCUT2D eigenvalue weighted by Gasteiger charge is 2.14. The quantitative estimate of drug-likeness (QED) is 0.464. The second kappa shape index (κ2) is 7.93. The predicted molar refractivity (Wildman–Crippen MR) is 110 cm³/mol. The number of carbonyl (C=O) groups excluding carboxylic acids is 1. The largest absolute Gasteiger partial charge is 0.483 e. The number of ether oxygens (including phenoxy) is 1. The van der Waals surface area contributed by atoms with Gasteiger partial charge in [0.2, 0.25) is 5.89 Å². The Morgan fingerprint density at radius 3 is 2.79 bits per heavy atom. The van der Waals surface area contributed by atoms with E-state index in [-0.39, 0.29) is 18.1 Å². The Labute approximate surface area is 171 Å². The molecule has 0 bridgehead atoms. The highest BCUT2D eigenvalue weighted by atomic mass is 35.5. The van der Waals surface area contributed by atoms with Crippen molar-refractivity contribution in [2.75, 3.05) is 11.9 Å². The van der Waals surface area contributed by atoms with Crippen molar-refractivity contribution in [1.29, 1.82) is 0 Å². The first-order chi connectivity index (χ1) is 14.0. The Hall–Kier alpha value is -3.38. The van der Waals surface area contributed by atoms with Gasteiger partial charge in [-0.1, -0.05) is 29.8 Å². The van der Waals surface area contributed by atoms with Crippen molar-refractivity contribution in [2.45, 2.75) is 6.92 Å². The van der Waals surface area contributed by atoms with E-state index in [1.807, 2.05) is 25.1 Å². The molecule has 29 heavy (non-hydrogen) atoms. The van der Waals surface area contributed by atoms with Crippen LogP contribution in [0.3, 0.4) is 0 Å². The Bertz CT molecular complexity index is 1210. The lowest BCUT2D eigenvalue weighted by Gasteiger charge is -2.10. The summed E-state index contributed by atoms with van der Waals surface area (Å²) in [4.78, 5) is 16.4. The molecule has 0 aliphatic rings. The molecule has 1 amide bonds. The van der Waals surface area contributed by atoms with E-state index in [0.717, 1.165) is 5.56 Å². The number of hydrogen-bond acceptors (Lipinski definition) is 4. The van der Waals surface area contributed by atoms with Gasteiger partial charge >= 0.3 is 0 Å². The third kappa shape index (κ3) is 4.22.